The average Bonchev–Trinajstić information content (AvgIpc) is 2.97. The van der Waals surface area contributed by atoms with E-state index in [1.165, 1.54) is 12.8 Å². The van der Waals surface area contributed by atoms with Crippen LogP contribution in [0.5, 0.6) is 0 Å². The predicted molar refractivity (Wildman–Crippen MR) is 105 cm³/mol. The summed E-state index contributed by atoms with van der Waals surface area (Å²) < 4.78 is 5.34. The molecule has 0 aromatic carbocycles. The number of nitrogens with zero attached hydrogens (tertiary/aromatic N) is 6. The van der Waals surface area contributed by atoms with E-state index in [1.54, 1.807) is 13.1 Å². The standard InChI is InChI=1S/C20H28N6O2/c1-14-21-13-17(19-23-15(2)24-28-19)18(22-14)25-11-7-16(8-12-25)20(27)26-9-5-3-4-6-10-26/h13,16H,3-12H2,1-2H3. The van der Waals surface area contributed by atoms with Crippen molar-refractivity contribution < 1.29 is 9.32 Å². The molecule has 2 aromatic heterocycles. The Balaban J connectivity index is 1.46. The Kier molecular flexibility index (Phi) is 5.54. The number of carbonyl (C=O) groups excluding carboxylic acids is 1. The van der Waals surface area contributed by atoms with E-state index in [9.17, 15) is 4.79 Å². The monoisotopic (exact) mass is 384 g/mol. The molecule has 2 aromatic rings. The van der Waals surface area contributed by atoms with Gasteiger partial charge in [-0.05, 0) is 39.5 Å². The molecule has 8 nitrogen and oxygen atoms in total. The number of piperidine rings is 1. The summed E-state index contributed by atoms with van der Waals surface area (Å²) >= 11 is 0. The maximum Gasteiger partial charge on any atom is 0.263 e. The van der Waals surface area contributed by atoms with Crippen LogP contribution in [0.2, 0.25) is 0 Å². The Morgan fingerprint density at radius 1 is 1.00 bits per heavy atom. The number of aromatic nitrogens is 4. The fourth-order valence-electron chi connectivity index (χ4n) is 4.14. The smallest absolute Gasteiger partial charge is 0.263 e. The van der Waals surface area contributed by atoms with Gasteiger partial charge >= 0.3 is 0 Å². The van der Waals surface area contributed by atoms with Crippen LogP contribution < -0.4 is 4.90 Å². The molecule has 28 heavy (non-hydrogen) atoms. The van der Waals surface area contributed by atoms with Gasteiger partial charge < -0.3 is 14.3 Å². The summed E-state index contributed by atoms with van der Waals surface area (Å²) in [6.07, 6.45) is 8.20. The molecule has 0 radical (unpaired) electrons. The van der Waals surface area contributed by atoms with E-state index in [2.05, 4.69) is 29.9 Å². The van der Waals surface area contributed by atoms with Crippen molar-refractivity contribution in [1.29, 1.82) is 0 Å². The largest absolute Gasteiger partial charge is 0.356 e. The van der Waals surface area contributed by atoms with Crippen LogP contribution in [0.1, 0.15) is 50.2 Å². The average molecular weight is 384 g/mol. The van der Waals surface area contributed by atoms with Crippen LogP contribution in [0, 0.1) is 19.8 Å². The van der Waals surface area contributed by atoms with Crippen molar-refractivity contribution in [3.05, 3.63) is 17.8 Å². The second-order valence-electron chi connectivity index (χ2n) is 7.80. The lowest BCUT2D eigenvalue weighted by Crippen LogP contribution is -2.43. The minimum atomic E-state index is 0.117. The Labute approximate surface area is 165 Å². The van der Waals surface area contributed by atoms with Crippen LogP contribution in [-0.4, -0.2) is 57.1 Å². The third-order valence-corrected chi connectivity index (χ3v) is 5.71. The second-order valence-corrected chi connectivity index (χ2v) is 7.80. The summed E-state index contributed by atoms with van der Waals surface area (Å²) in [5.74, 6) is 3.01. The van der Waals surface area contributed by atoms with Crippen molar-refractivity contribution in [2.24, 2.45) is 5.92 Å². The van der Waals surface area contributed by atoms with Gasteiger partial charge in [0.05, 0.1) is 0 Å². The first-order chi connectivity index (χ1) is 13.6. The number of anilines is 1. The molecule has 2 fully saturated rings. The summed E-state index contributed by atoms with van der Waals surface area (Å²) in [4.78, 5) is 30.5. The molecule has 0 saturated carbocycles. The second kappa shape index (κ2) is 8.24. The molecule has 0 bridgehead atoms. The van der Waals surface area contributed by atoms with Gasteiger partial charge in [0, 0.05) is 38.3 Å². The number of hydrogen-bond acceptors (Lipinski definition) is 7. The number of rotatable bonds is 3. The van der Waals surface area contributed by atoms with Crippen LogP contribution >= 0.6 is 0 Å². The van der Waals surface area contributed by atoms with Crippen molar-refractivity contribution in [2.45, 2.75) is 52.4 Å². The van der Waals surface area contributed by atoms with Gasteiger partial charge in [-0.3, -0.25) is 4.79 Å². The van der Waals surface area contributed by atoms with Crippen molar-refractivity contribution in [1.82, 2.24) is 25.0 Å². The topological polar surface area (TPSA) is 88.2 Å². The molecule has 0 aliphatic carbocycles. The molecule has 1 amide bonds. The van der Waals surface area contributed by atoms with Crippen molar-refractivity contribution >= 4 is 11.7 Å². The Hall–Kier alpha value is -2.51. The minimum absolute atomic E-state index is 0.117. The minimum Gasteiger partial charge on any atom is -0.356 e. The van der Waals surface area contributed by atoms with Gasteiger partial charge in [-0.25, -0.2) is 9.97 Å². The van der Waals surface area contributed by atoms with Gasteiger partial charge in [0.1, 0.15) is 17.2 Å². The van der Waals surface area contributed by atoms with Crippen LogP contribution in [0.15, 0.2) is 10.7 Å². The van der Waals surface area contributed by atoms with E-state index < -0.39 is 0 Å². The van der Waals surface area contributed by atoms with Crippen LogP contribution in [-0.2, 0) is 4.79 Å². The van der Waals surface area contributed by atoms with Crippen LogP contribution in [0.3, 0.4) is 0 Å². The SMILES string of the molecule is Cc1noc(-c2cnc(C)nc2N2CCC(C(=O)N3CCCCCC3)CC2)n1. The lowest BCUT2D eigenvalue weighted by atomic mass is 9.95. The van der Waals surface area contributed by atoms with Crippen LogP contribution in [0.25, 0.3) is 11.5 Å². The van der Waals surface area contributed by atoms with Crippen LogP contribution in [0.4, 0.5) is 5.82 Å². The summed E-state index contributed by atoms with van der Waals surface area (Å²) in [5.41, 5.74) is 0.753. The molecule has 0 N–H and O–H groups in total. The highest BCUT2D eigenvalue weighted by Crippen LogP contribution is 2.31. The fourth-order valence-corrected chi connectivity index (χ4v) is 4.14. The van der Waals surface area contributed by atoms with Crippen molar-refractivity contribution in [2.75, 3.05) is 31.1 Å². The van der Waals surface area contributed by atoms with E-state index in [-0.39, 0.29) is 5.92 Å². The molecule has 0 unspecified atom stereocenters. The molecule has 4 heterocycles. The molecule has 4 rings (SSSR count). The molecular weight excluding hydrogens is 356 g/mol. The lowest BCUT2D eigenvalue weighted by Gasteiger charge is -2.35. The predicted octanol–water partition coefficient (Wildman–Crippen LogP) is 2.76. The molecule has 8 heteroatoms. The molecular formula is C20H28N6O2. The molecule has 150 valence electrons. The Bertz CT molecular complexity index is 820. The Morgan fingerprint density at radius 2 is 1.71 bits per heavy atom. The molecule has 2 aliphatic rings. The zero-order chi connectivity index (χ0) is 19.5. The van der Waals surface area contributed by atoms with E-state index >= 15 is 0 Å². The summed E-state index contributed by atoms with van der Waals surface area (Å²) in [7, 11) is 0. The van der Waals surface area contributed by atoms with E-state index in [0.717, 1.165) is 63.2 Å². The third-order valence-electron chi connectivity index (χ3n) is 5.71. The van der Waals surface area contributed by atoms with Crippen molar-refractivity contribution in [3.8, 4) is 11.5 Å². The van der Waals surface area contributed by atoms with Gasteiger partial charge in [0.15, 0.2) is 5.82 Å². The first-order valence-electron chi connectivity index (χ1n) is 10.3. The van der Waals surface area contributed by atoms with E-state index in [0.29, 0.717) is 23.4 Å². The highest BCUT2D eigenvalue weighted by Gasteiger charge is 2.30. The van der Waals surface area contributed by atoms with Gasteiger partial charge in [0.2, 0.25) is 5.91 Å². The zero-order valence-electron chi connectivity index (χ0n) is 16.7. The molecule has 2 saturated heterocycles. The fraction of sp³-hybridized carbons (Fsp3) is 0.650. The number of likely N-dealkylation sites (tertiary alicyclic amines) is 1. The molecule has 0 spiro atoms. The number of carbonyl (C=O) groups is 1. The maximum atomic E-state index is 12.9. The van der Waals surface area contributed by atoms with E-state index in [1.807, 2.05) is 6.92 Å². The van der Waals surface area contributed by atoms with E-state index in [4.69, 9.17) is 4.52 Å². The summed E-state index contributed by atoms with van der Waals surface area (Å²) in [6.45, 7) is 7.10. The number of amides is 1. The molecule has 2 aliphatic heterocycles. The Morgan fingerprint density at radius 3 is 2.36 bits per heavy atom. The molecule has 0 atom stereocenters. The van der Waals surface area contributed by atoms with Gasteiger partial charge in [-0.1, -0.05) is 18.0 Å². The number of hydrogen-bond donors (Lipinski definition) is 0. The summed E-state index contributed by atoms with van der Waals surface area (Å²) in [6, 6.07) is 0. The third kappa shape index (κ3) is 4.00. The number of aryl methyl sites for hydroxylation is 2. The highest BCUT2D eigenvalue weighted by molar-refractivity contribution is 5.79. The quantitative estimate of drug-likeness (QED) is 0.804. The first kappa shape index (κ1) is 18.8. The highest BCUT2D eigenvalue weighted by atomic mass is 16.5. The first-order valence-corrected chi connectivity index (χ1v) is 10.3. The maximum absolute atomic E-state index is 12.9. The van der Waals surface area contributed by atoms with Gasteiger partial charge in [-0.2, -0.15) is 4.98 Å². The van der Waals surface area contributed by atoms with Gasteiger partial charge in [-0.15, -0.1) is 0 Å². The van der Waals surface area contributed by atoms with Crippen molar-refractivity contribution in [3.63, 3.8) is 0 Å². The zero-order valence-corrected chi connectivity index (χ0v) is 16.7. The normalized spacial score (nSPS) is 18.9. The summed E-state index contributed by atoms with van der Waals surface area (Å²) in [5, 5.41) is 3.89. The van der Waals surface area contributed by atoms with Gasteiger partial charge in [0.25, 0.3) is 5.89 Å². The lowest BCUT2D eigenvalue weighted by molar-refractivity contribution is -0.136.